The van der Waals surface area contributed by atoms with Gasteiger partial charge < -0.3 is 9.64 Å². The van der Waals surface area contributed by atoms with Crippen molar-refractivity contribution in [3.63, 3.8) is 0 Å². The third kappa shape index (κ3) is 1.59. The molecule has 3 nitrogen and oxygen atoms in total. The summed E-state index contributed by atoms with van der Waals surface area (Å²) >= 11 is 1.64. The molecule has 1 radical (unpaired) electrons. The second kappa shape index (κ2) is 3.41. The lowest BCUT2D eigenvalue weighted by Crippen LogP contribution is -2.36. The van der Waals surface area contributed by atoms with Crippen LogP contribution in [0.15, 0.2) is 6.20 Å². The van der Waals surface area contributed by atoms with Crippen LogP contribution in [0.4, 0.5) is 5.13 Å². The highest BCUT2D eigenvalue weighted by Crippen LogP contribution is 2.21. The Morgan fingerprint density at radius 1 is 1.50 bits per heavy atom. The molecule has 0 unspecified atom stereocenters. The summed E-state index contributed by atoms with van der Waals surface area (Å²) in [4.78, 5) is 7.53. The van der Waals surface area contributed by atoms with Crippen LogP contribution in [0.3, 0.4) is 0 Å². The lowest BCUT2D eigenvalue weighted by Gasteiger charge is -2.25. The number of aromatic nitrogens is 1. The van der Waals surface area contributed by atoms with E-state index in [-0.39, 0.29) is 0 Å². The molecule has 1 aliphatic rings. The van der Waals surface area contributed by atoms with Crippen LogP contribution in [0.5, 0.6) is 0 Å². The topological polar surface area (TPSA) is 25.4 Å². The molecule has 1 fully saturated rings. The van der Waals surface area contributed by atoms with Crippen molar-refractivity contribution in [3.8, 4) is 0 Å². The van der Waals surface area contributed by atoms with Crippen LogP contribution in [0.1, 0.15) is 4.88 Å². The maximum Gasteiger partial charge on any atom is 0.185 e. The van der Waals surface area contributed by atoms with Crippen molar-refractivity contribution >= 4 is 16.5 Å². The molecule has 4 heteroatoms. The molecular formula is C8H11N2OS. The summed E-state index contributed by atoms with van der Waals surface area (Å²) in [5.41, 5.74) is 0. The minimum atomic E-state index is 0.812. The monoisotopic (exact) mass is 183 g/mol. The van der Waals surface area contributed by atoms with Gasteiger partial charge in [0.2, 0.25) is 0 Å². The van der Waals surface area contributed by atoms with E-state index in [1.165, 1.54) is 0 Å². The zero-order valence-electron chi connectivity index (χ0n) is 6.82. The average molecular weight is 183 g/mol. The minimum Gasteiger partial charge on any atom is -0.378 e. The number of hydrogen-bond acceptors (Lipinski definition) is 4. The Labute approximate surface area is 76.0 Å². The zero-order chi connectivity index (χ0) is 8.39. The highest BCUT2D eigenvalue weighted by atomic mass is 32.1. The second-order valence-electron chi connectivity index (χ2n) is 2.71. The predicted octanol–water partition coefficient (Wildman–Crippen LogP) is 1.16. The number of ether oxygens (including phenoxy) is 1. The van der Waals surface area contributed by atoms with Gasteiger partial charge in [-0.25, -0.2) is 4.98 Å². The molecule has 0 bridgehead atoms. The molecule has 0 amide bonds. The summed E-state index contributed by atoms with van der Waals surface area (Å²) in [6.45, 7) is 7.36. The van der Waals surface area contributed by atoms with E-state index in [2.05, 4.69) is 16.8 Å². The smallest absolute Gasteiger partial charge is 0.185 e. The molecule has 1 saturated heterocycles. The molecule has 2 rings (SSSR count). The Bertz CT molecular complexity index is 255. The highest BCUT2D eigenvalue weighted by molar-refractivity contribution is 7.15. The van der Waals surface area contributed by atoms with E-state index in [0.717, 1.165) is 36.3 Å². The van der Waals surface area contributed by atoms with Crippen LogP contribution in [-0.2, 0) is 4.74 Å². The molecule has 0 atom stereocenters. The molecule has 65 valence electrons. The third-order valence-corrected chi connectivity index (χ3v) is 2.74. The van der Waals surface area contributed by atoms with Gasteiger partial charge in [0.05, 0.1) is 13.2 Å². The first-order valence-electron chi connectivity index (χ1n) is 3.97. The molecule has 1 aromatic rings. The third-order valence-electron chi connectivity index (χ3n) is 1.82. The molecule has 0 N–H and O–H groups in total. The van der Waals surface area contributed by atoms with Gasteiger partial charge in [-0.1, -0.05) is 0 Å². The number of rotatable bonds is 1. The van der Waals surface area contributed by atoms with E-state index in [9.17, 15) is 0 Å². The van der Waals surface area contributed by atoms with Crippen molar-refractivity contribution in [1.29, 1.82) is 0 Å². The van der Waals surface area contributed by atoms with E-state index >= 15 is 0 Å². The number of hydrogen-bond donors (Lipinski definition) is 0. The fourth-order valence-electron chi connectivity index (χ4n) is 1.20. The quantitative estimate of drug-likeness (QED) is 0.653. The average Bonchev–Trinajstić information content (AvgIpc) is 2.54. The van der Waals surface area contributed by atoms with Crippen molar-refractivity contribution < 1.29 is 4.74 Å². The summed E-state index contributed by atoms with van der Waals surface area (Å²) in [6.07, 6.45) is 1.81. The summed E-state index contributed by atoms with van der Waals surface area (Å²) in [6, 6.07) is 0. The van der Waals surface area contributed by atoms with Gasteiger partial charge in [0.25, 0.3) is 0 Å². The van der Waals surface area contributed by atoms with Gasteiger partial charge in [-0.05, 0) is 6.92 Å². The molecule has 0 aliphatic carbocycles. The van der Waals surface area contributed by atoms with Gasteiger partial charge in [0, 0.05) is 24.2 Å². The molecule has 0 spiro atoms. The fourth-order valence-corrected chi connectivity index (χ4v) is 1.96. The van der Waals surface area contributed by atoms with Crippen LogP contribution in [0, 0.1) is 6.92 Å². The Kier molecular flexibility index (Phi) is 2.28. The molecule has 0 saturated carbocycles. The van der Waals surface area contributed by atoms with Crippen LogP contribution in [0.2, 0.25) is 0 Å². The van der Waals surface area contributed by atoms with Gasteiger partial charge in [-0.15, -0.1) is 11.3 Å². The van der Waals surface area contributed by atoms with E-state index in [1.807, 2.05) is 6.20 Å². The fraction of sp³-hybridized carbons (Fsp3) is 0.500. The highest BCUT2D eigenvalue weighted by Gasteiger charge is 2.13. The lowest BCUT2D eigenvalue weighted by molar-refractivity contribution is 0.122. The van der Waals surface area contributed by atoms with E-state index in [4.69, 9.17) is 4.74 Å². The van der Waals surface area contributed by atoms with Gasteiger partial charge in [0.15, 0.2) is 5.13 Å². The number of anilines is 1. The summed E-state index contributed by atoms with van der Waals surface area (Å²) in [7, 11) is 0. The van der Waals surface area contributed by atoms with Gasteiger partial charge >= 0.3 is 0 Å². The van der Waals surface area contributed by atoms with Crippen molar-refractivity contribution in [1.82, 2.24) is 4.98 Å². The Morgan fingerprint density at radius 2 is 2.25 bits per heavy atom. The van der Waals surface area contributed by atoms with Crippen LogP contribution in [-0.4, -0.2) is 31.3 Å². The van der Waals surface area contributed by atoms with Crippen LogP contribution >= 0.6 is 11.3 Å². The summed E-state index contributed by atoms with van der Waals surface area (Å²) in [5, 5.41) is 1.07. The Balaban J connectivity index is 2.08. The van der Waals surface area contributed by atoms with Crippen molar-refractivity contribution in [2.75, 3.05) is 31.2 Å². The molecule has 0 aromatic carbocycles. The maximum atomic E-state index is 5.25. The molecule has 1 aromatic heterocycles. The molecule has 2 heterocycles. The van der Waals surface area contributed by atoms with Crippen LogP contribution < -0.4 is 4.90 Å². The van der Waals surface area contributed by atoms with Crippen molar-refractivity contribution in [2.45, 2.75) is 0 Å². The maximum absolute atomic E-state index is 5.25. The largest absolute Gasteiger partial charge is 0.378 e. The predicted molar refractivity (Wildman–Crippen MR) is 49.6 cm³/mol. The summed E-state index contributed by atoms with van der Waals surface area (Å²) in [5.74, 6) is 0. The van der Waals surface area contributed by atoms with Crippen molar-refractivity contribution in [2.24, 2.45) is 0 Å². The van der Waals surface area contributed by atoms with Crippen LogP contribution in [0.25, 0.3) is 0 Å². The first kappa shape index (κ1) is 8.01. The molecular weight excluding hydrogens is 172 g/mol. The SMILES string of the molecule is [CH2]c1cnc(N2CCOCC2)s1. The Morgan fingerprint density at radius 3 is 2.83 bits per heavy atom. The van der Waals surface area contributed by atoms with Crippen molar-refractivity contribution in [3.05, 3.63) is 18.0 Å². The minimum absolute atomic E-state index is 0.812. The van der Waals surface area contributed by atoms with E-state index in [1.54, 1.807) is 11.3 Å². The normalized spacial score (nSPS) is 18.2. The first-order chi connectivity index (χ1) is 5.86. The standard InChI is InChI=1S/C8H11N2OS/c1-7-6-9-8(12-7)10-2-4-11-5-3-10/h6H,1-5H2. The number of morpholine rings is 1. The van der Waals surface area contributed by atoms with E-state index < -0.39 is 0 Å². The van der Waals surface area contributed by atoms with Gasteiger partial charge in [0.1, 0.15) is 0 Å². The van der Waals surface area contributed by atoms with Gasteiger partial charge in [-0.2, -0.15) is 0 Å². The molecule has 1 aliphatic heterocycles. The van der Waals surface area contributed by atoms with E-state index in [0.29, 0.717) is 0 Å². The number of nitrogens with zero attached hydrogens (tertiary/aromatic N) is 2. The summed E-state index contributed by atoms with van der Waals surface area (Å²) < 4.78 is 5.25. The van der Waals surface area contributed by atoms with Gasteiger partial charge in [-0.3, -0.25) is 0 Å². The first-order valence-corrected chi connectivity index (χ1v) is 4.78. The zero-order valence-corrected chi connectivity index (χ0v) is 7.64. The Hall–Kier alpha value is -0.610. The molecule has 12 heavy (non-hydrogen) atoms. The number of thiazole rings is 1. The lowest BCUT2D eigenvalue weighted by atomic mass is 10.5. The second-order valence-corrected chi connectivity index (χ2v) is 3.80.